The zero-order valence-corrected chi connectivity index (χ0v) is 20.5. The van der Waals surface area contributed by atoms with Gasteiger partial charge in [-0.2, -0.15) is 4.31 Å². The number of hydrogen-bond acceptors (Lipinski definition) is 5. The molecule has 1 aliphatic rings. The van der Waals surface area contributed by atoms with Crippen molar-refractivity contribution >= 4 is 21.8 Å². The predicted octanol–water partition coefficient (Wildman–Crippen LogP) is 1.81. The first kappa shape index (κ1) is 25.9. The van der Waals surface area contributed by atoms with Crippen molar-refractivity contribution in [3.05, 3.63) is 71.8 Å². The zero-order valence-electron chi connectivity index (χ0n) is 19.7. The molecule has 0 bridgehead atoms. The van der Waals surface area contributed by atoms with Gasteiger partial charge in [0.15, 0.2) is 0 Å². The summed E-state index contributed by atoms with van der Waals surface area (Å²) in [6.07, 6.45) is 3.17. The average molecular weight is 488 g/mol. The molecule has 0 radical (unpaired) electrons. The molecule has 34 heavy (non-hydrogen) atoms. The molecular formula is C25H33N3O5S. The van der Waals surface area contributed by atoms with E-state index in [1.54, 1.807) is 0 Å². The molecule has 0 spiro atoms. The predicted molar refractivity (Wildman–Crippen MR) is 130 cm³/mol. The first-order valence-corrected chi connectivity index (χ1v) is 13.3. The second kappa shape index (κ2) is 12.1. The number of sulfonamides is 1. The third-order valence-electron chi connectivity index (χ3n) is 5.92. The highest BCUT2D eigenvalue weighted by Crippen LogP contribution is 2.16. The van der Waals surface area contributed by atoms with E-state index in [2.05, 4.69) is 5.32 Å². The maximum Gasteiger partial charge on any atom is 0.243 e. The van der Waals surface area contributed by atoms with Crippen molar-refractivity contribution < 1.29 is 22.7 Å². The van der Waals surface area contributed by atoms with E-state index < -0.39 is 22.0 Å². The summed E-state index contributed by atoms with van der Waals surface area (Å²) >= 11 is 0. The van der Waals surface area contributed by atoms with Crippen molar-refractivity contribution in [2.45, 2.75) is 38.0 Å². The van der Waals surface area contributed by atoms with Gasteiger partial charge in [0.1, 0.15) is 6.04 Å². The van der Waals surface area contributed by atoms with Crippen molar-refractivity contribution in [3.63, 3.8) is 0 Å². The highest BCUT2D eigenvalue weighted by Gasteiger charge is 2.32. The lowest BCUT2D eigenvalue weighted by molar-refractivity contribution is -0.141. The van der Waals surface area contributed by atoms with Crippen LogP contribution in [-0.4, -0.2) is 74.6 Å². The van der Waals surface area contributed by atoms with Crippen LogP contribution in [0.1, 0.15) is 24.0 Å². The molecule has 0 unspecified atom stereocenters. The third-order valence-corrected chi connectivity index (χ3v) is 7.18. The zero-order chi connectivity index (χ0) is 24.6. The lowest BCUT2D eigenvalue weighted by atomic mass is 10.0. The quantitative estimate of drug-likeness (QED) is 0.522. The summed E-state index contributed by atoms with van der Waals surface area (Å²) in [4.78, 5) is 28.3. The van der Waals surface area contributed by atoms with E-state index >= 15 is 0 Å². The number of nitrogens with zero attached hydrogens (tertiary/aromatic N) is 2. The van der Waals surface area contributed by atoms with Crippen molar-refractivity contribution in [2.75, 3.05) is 33.0 Å². The topological polar surface area (TPSA) is 96.0 Å². The second-order valence-electron chi connectivity index (χ2n) is 8.61. The number of hydrogen-bond donors (Lipinski definition) is 1. The summed E-state index contributed by atoms with van der Waals surface area (Å²) in [5.41, 5.74) is 1.75. The number of ether oxygens (including phenoxy) is 1. The Balaban J connectivity index is 1.89. The van der Waals surface area contributed by atoms with Crippen LogP contribution in [0, 0.1) is 0 Å². The van der Waals surface area contributed by atoms with Crippen LogP contribution in [0.25, 0.3) is 0 Å². The fourth-order valence-electron chi connectivity index (χ4n) is 3.87. The van der Waals surface area contributed by atoms with Crippen LogP contribution in [0.15, 0.2) is 60.7 Å². The molecule has 3 rings (SSSR count). The number of amides is 2. The number of carbonyl (C=O) groups is 2. The van der Waals surface area contributed by atoms with E-state index in [1.165, 1.54) is 11.9 Å². The summed E-state index contributed by atoms with van der Waals surface area (Å²) in [6, 6.07) is 18.0. The second-order valence-corrected chi connectivity index (χ2v) is 10.7. The Bertz CT molecular complexity index is 1040. The molecule has 1 heterocycles. The van der Waals surface area contributed by atoms with Crippen LogP contribution in [0.5, 0.6) is 0 Å². The smallest absolute Gasteiger partial charge is 0.243 e. The SMILES string of the molecule is CN(CC(=O)N(Cc1ccccc1)[C@H](Cc1ccccc1)C(=O)NC[C@H]1CCCO1)S(C)(=O)=O. The van der Waals surface area contributed by atoms with Gasteiger partial charge >= 0.3 is 0 Å². The number of carbonyl (C=O) groups excluding carboxylic acids is 2. The van der Waals surface area contributed by atoms with Gasteiger partial charge in [-0.1, -0.05) is 60.7 Å². The Kier molecular flexibility index (Phi) is 9.20. The van der Waals surface area contributed by atoms with Gasteiger partial charge in [0.05, 0.1) is 18.9 Å². The van der Waals surface area contributed by atoms with Gasteiger partial charge in [-0.05, 0) is 24.0 Å². The lowest BCUT2D eigenvalue weighted by Gasteiger charge is -2.32. The van der Waals surface area contributed by atoms with E-state index in [4.69, 9.17) is 4.74 Å². The maximum absolute atomic E-state index is 13.4. The van der Waals surface area contributed by atoms with Gasteiger partial charge in [0.25, 0.3) is 0 Å². The number of rotatable bonds is 11. The minimum absolute atomic E-state index is 0.0315. The highest BCUT2D eigenvalue weighted by atomic mass is 32.2. The molecule has 1 fully saturated rings. The standard InChI is InChI=1S/C25H33N3O5S/c1-27(34(2,31)32)19-24(29)28(18-21-12-7-4-8-13-21)23(16-20-10-5-3-6-11-20)25(30)26-17-22-14-9-15-33-22/h3-8,10-13,22-23H,9,14-19H2,1-2H3,(H,26,30)/t22-,23-/m1/s1. The summed E-state index contributed by atoms with van der Waals surface area (Å²) in [5.74, 6) is -0.726. The van der Waals surface area contributed by atoms with Crippen LogP contribution in [0.3, 0.4) is 0 Å². The Morgan fingerprint density at radius 1 is 1.06 bits per heavy atom. The van der Waals surface area contributed by atoms with Gasteiger partial charge < -0.3 is 15.0 Å². The van der Waals surface area contributed by atoms with Crippen LogP contribution in [0.2, 0.25) is 0 Å². The summed E-state index contributed by atoms with van der Waals surface area (Å²) in [5, 5.41) is 2.96. The fraction of sp³-hybridized carbons (Fsp3) is 0.440. The summed E-state index contributed by atoms with van der Waals surface area (Å²) in [7, 11) is -2.20. The first-order chi connectivity index (χ1) is 16.2. The first-order valence-electron chi connectivity index (χ1n) is 11.4. The van der Waals surface area contributed by atoms with Gasteiger partial charge in [-0.15, -0.1) is 0 Å². The van der Waals surface area contributed by atoms with E-state index in [9.17, 15) is 18.0 Å². The van der Waals surface area contributed by atoms with Crippen LogP contribution in [0.4, 0.5) is 0 Å². The maximum atomic E-state index is 13.4. The Hall–Kier alpha value is -2.75. The third kappa shape index (κ3) is 7.65. The molecule has 2 aromatic rings. The summed E-state index contributed by atoms with van der Waals surface area (Å²) in [6.45, 7) is 0.892. The number of benzene rings is 2. The fourth-order valence-corrected chi connectivity index (χ4v) is 4.22. The van der Waals surface area contributed by atoms with E-state index in [0.29, 0.717) is 19.6 Å². The lowest BCUT2D eigenvalue weighted by Crippen LogP contribution is -2.53. The van der Waals surface area contributed by atoms with Crippen molar-refractivity contribution in [3.8, 4) is 0 Å². The van der Waals surface area contributed by atoms with Gasteiger partial charge in [-0.3, -0.25) is 9.59 Å². The molecular weight excluding hydrogens is 454 g/mol. The number of likely N-dealkylation sites (N-methyl/N-ethyl adjacent to an activating group) is 1. The average Bonchev–Trinajstić information content (AvgIpc) is 3.34. The molecule has 1 saturated heterocycles. The molecule has 0 aliphatic carbocycles. The minimum atomic E-state index is -3.56. The molecule has 184 valence electrons. The number of nitrogens with one attached hydrogen (secondary N) is 1. The van der Waals surface area contributed by atoms with E-state index in [0.717, 1.165) is 34.5 Å². The highest BCUT2D eigenvalue weighted by molar-refractivity contribution is 7.88. The van der Waals surface area contributed by atoms with E-state index in [-0.39, 0.29) is 25.1 Å². The normalized spacial score (nSPS) is 16.9. The molecule has 8 nitrogen and oxygen atoms in total. The van der Waals surface area contributed by atoms with Crippen molar-refractivity contribution in [1.82, 2.24) is 14.5 Å². The summed E-state index contributed by atoms with van der Waals surface area (Å²) < 4.78 is 30.5. The van der Waals surface area contributed by atoms with E-state index in [1.807, 2.05) is 60.7 Å². The molecule has 0 saturated carbocycles. The Morgan fingerprint density at radius 3 is 2.24 bits per heavy atom. The van der Waals surface area contributed by atoms with Gasteiger partial charge in [0, 0.05) is 33.2 Å². The molecule has 9 heteroatoms. The van der Waals surface area contributed by atoms with Crippen molar-refractivity contribution in [2.24, 2.45) is 0 Å². The largest absolute Gasteiger partial charge is 0.376 e. The van der Waals surface area contributed by atoms with Crippen LogP contribution in [-0.2, 0) is 37.3 Å². The molecule has 2 atom stereocenters. The molecule has 0 aromatic heterocycles. The van der Waals surface area contributed by atoms with Gasteiger partial charge in [0.2, 0.25) is 21.8 Å². The Labute approximate surface area is 201 Å². The minimum Gasteiger partial charge on any atom is -0.376 e. The van der Waals surface area contributed by atoms with Gasteiger partial charge in [-0.25, -0.2) is 8.42 Å². The molecule has 1 N–H and O–H groups in total. The van der Waals surface area contributed by atoms with Crippen molar-refractivity contribution in [1.29, 1.82) is 0 Å². The monoisotopic (exact) mass is 487 g/mol. The molecule has 1 aliphatic heterocycles. The molecule has 2 aromatic carbocycles. The molecule has 2 amide bonds. The van der Waals surface area contributed by atoms with Crippen LogP contribution >= 0.6 is 0 Å². The van der Waals surface area contributed by atoms with Crippen LogP contribution < -0.4 is 5.32 Å². The Morgan fingerprint density at radius 2 is 1.68 bits per heavy atom.